The highest BCUT2D eigenvalue weighted by molar-refractivity contribution is 6.04. The Morgan fingerprint density at radius 2 is 2.00 bits per heavy atom. The van der Waals surface area contributed by atoms with E-state index in [1.807, 2.05) is 19.9 Å². The molecule has 0 atom stereocenters. The molecule has 1 aromatic heterocycles. The molecule has 0 spiro atoms. The minimum atomic E-state index is -0.150. The molecule has 172 valence electrons. The number of ether oxygens (including phenoxy) is 2. The molecule has 0 fully saturated rings. The highest BCUT2D eigenvalue weighted by Crippen LogP contribution is 2.31. The molecule has 0 unspecified atom stereocenters. The molecule has 3 rings (SSSR count). The minimum absolute atomic E-state index is 0.140. The Morgan fingerprint density at radius 1 is 1.25 bits per heavy atom. The van der Waals surface area contributed by atoms with Gasteiger partial charge in [0, 0.05) is 30.9 Å². The van der Waals surface area contributed by atoms with Gasteiger partial charge in [0.05, 0.1) is 25.3 Å². The molecule has 0 aliphatic carbocycles. The number of hydrogen-bond donors (Lipinski definition) is 0. The summed E-state index contributed by atoms with van der Waals surface area (Å²) in [5, 5.41) is 0. The third kappa shape index (κ3) is 4.87. The number of aryl methyl sites for hydroxylation is 2. The van der Waals surface area contributed by atoms with Gasteiger partial charge < -0.3 is 19.3 Å². The number of amides is 2. The molecule has 7 nitrogen and oxygen atoms in total. The first-order valence-electron chi connectivity index (χ1n) is 11.1. The molecule has 2 aromatic rings. The predicted molar refractivity (Wildman–Crippen MR) is 124 cm³/mol. The zero-order valence-corrected chi connectivity index (χ0v) is 19.9. The van der Waals surface area contributed by atoms with Crippen molar-refractivity contribution in [1.82, 2.24) is 14.8 Å². The second-order valence-corrected chi connectivity index (χ2v) is 8.45. The van der Waals surface area contributed by atoms with Crippen LogP contribution < -0.4 is 9.47 Å². The normalized spacial score (nSPS) is 13.3. The van der Waals surface area contributed by atoms with Crippen LogP contribution in [0.5, 0.6) is 11.6 Å². The number of rotatable bonds is 7. The SMILES string of the molecule is CCCCOc1nc(C)cc(C)c1CN1CCOc2ccc(C(=O)N(C)C)c(C)c2C1=O. The van der Waals surface area contributed by atoms with Crippen molar-refractivity contribution < 1.29 is 19.1 Å². The lowest BCUT2D eigenvalue weighted by molar-refractivity contribution is 0.0740. The van der Waals surface area contributed by atoms with Gasteiger partial charge in [0.15, 0.2) is 0 Å². The van der Waals surface area contributed by atoms with Crippen LogP contribution in [0.3, 0.4) is 0 Å². The van der Waals surface area contributed by atoms with E-state index < -0.39 is 0 Å². The largest absolute Gasteiger partial charge is 0.491 e. The van der Waals surface area contributed by atoms with Gasteiger partial charge in [-0.05, 0) is 56.5 Å². The van der Waals surface area contributed by atoms with Crippen molar-refractivity contribution in [3.8, 4) is 11.6 Å². The first-order valence-corrected chi connectivity index (χ1v) is 11.1. The van der Waals surface area contributed by atoms with Crippen molar-refractivity contribution in [1.29, 1.82) is 0 Å². The lowest BCUT2D eigenvalue weighted by Gasteiger charge is -2.24. The zero-order chi connectivity index (χ0) is 23.4. The number of carbonyl (C=O) groups is 2. The third-order valence-electron chi connectivity index (χ3n) is 5.71. The summed E-state index contributed by atoms with van der Waals surface area (Å²) in [6.45, 7) is 9.65. The van der Waals surface area contributed by atoms with Crippen LogP contribution in [0.1, 0.15) is 62.9 Å². The Morgan fingerprint density at radius 3 is 2.69 bits per heavy atom. The summed E-state index contributed by atoms with van der Waals surface area (Å²) < 4.78 is 11.9. The monoisotopic (exact) mass is 439 g/mol. The number of unbranched alkanes of at least 4 members (excludes halogenated alkanes) is 1. The molecule has 0 bridgehead atoms. The van der Waals surface area contributed by atoms with E-state index in [9.17, 15) is 9.59 Å². The van der Waals surface area contributed by atoms with Crippen LogP contribution in [0.4, 0.5) is 0 Å². The van der Waals surface area contributed by atoms with Gasteiger partial charge in [0.1, 0.15) is 12.4 Å². The minimum Gasteiger partial charge on any atom is -0.491 e. The molecule has 32 heavy (non-hydrogen) atoms. The summed E-state index contributed by atoms with van der Waals surface area (Å²) in [7, 11) is 3.40. The molecule has 0 saturated heterocycles. The maximum Gasteiger partial charge on any atom is 0.258 e. The number of carbonyl (C=O) groups excluding carboxylic acids is 2. The summed E-state index contributed by atoms with van der Waals surface area (Å²) in [4.78, 5) is 34.1. The van der Waals surface area contributed by atoms with Crippen LogP contribution in [0.2, 0.25) is 0 Å². The van der Waals surface area contributed by atoms with Crippen molar-refractivity contribution >= 4 is 11.8 Å². The molecule has 1 aliphatic rings. The van der Waals surface area contributed by atoms with E-state index in [1.165, 1.54) is 4.90 Å². The van der Waals surface area contributed by atoms with Gasteiger partial charge in [-0.2, -0.15) is 0 Å². The van der Waals surface area contributed by atoms with Crippen LogP contribution >= 0.6 is 0 Å². The Bertz CT molecular complexity index is 1020. The van der Waals surface area contributed by atoms with E-state index in [2.05, 4.69) is 11.9 Å². The van der Waals surface area contributed by atoms with E-state index in [-0.39, 0.29) is 11.8 Å². The van der Waals surface area contributed by atoms with E-state index in [0.29, 0.717) is 54.6 Å². The van der Waals surface area contributed by atoms with E-state index in [4.69, 9.17) is 9.47 Å². The van der Waals surface area contributed by atoms with Crippen molar-refractivity contribution in [3.05, 3.63) is 51.7 Å². The molecule has 1 aromatic carbocycles. The van der Waals surface area contributed by atoms with Gasteiger partial charge in [-0.25, -0.2) is 4.98 Å². The van der Waals surface area contributed by atoms with Gasteiger partial charge in [-0.3, -0.25) is 9.59 Å². The lowest BCUT2D eigenvalue weighted by atomic mass is 9.99. The second kappa shape index (κ2) is 10.0. The molecule has 0 N–H and O–H groups in total. The zero-order valence-electron chi connectivity index (χ0n) is 19.9. The summed E-state index contributed by atoms with van der Waals surface area (Å²) >= 11 is 0. The maximum absolute atomic E-state index is 13.6. The standard InChI is InChI=1S/C25H33N3O4/c1-7-8-12-32-23-20(16(2)14-17(3)26-23)15-28-11-13-31-21-10-9-19(24(29)27(5)6)18(4)22(21)25(28)30/h9-10,14H,7-8,11-13,15H2,1-6H3. The molecule has 1 aliphatic heterocycles. The van der Waals surface area contributed by atoms with E-state index >= 15 is 0 Å². The van der Waals surface area contributed by atoms with Gasteiger partial charge in [0.2, 0.25) is 5.88 Å². The van der Waals surface area contributed by atoms with Crippen LogP contribution in [-0.2, 0) is 6.54 Å². The number of nitrogens with zero attached hydrogens (tertiary/aromatic N) is 3. The summed E-state index contributed by atoms with van der Waals surface area (Å²) in [5.41, 5.74) is 4.41. The third-order valence-corrected chi connectivity index (χ3v) is 5.71. The molecule has 2 heterocycles. The van der Waals surface area contributed by atoms with Crippen LogP contribution in [0, 0.1) is 20.8 Å². The molecule has 0 saturated carbocycles. The highest BCUT2D eigenvalue weighted by Gasteiger charge is 2.29. The molecule has 0 radical (unpaired) electrons. The van der Waals surface area contributed by atoms with Crippen molar-refractivity contribution in [2.24, 2.45) is 0 Å². The lowest BCUT2D eigenvalue weighted by Crippen LogP contribution is -2.33. The second-order valence-electron chi connectivity index (χ2n) is 8.45. The Balaban J connectivity index is 1.96. The first kappa shape index (κ1) is 23.6. The predicted octanol–water partition coefficient (Wildman–Crippen LogP) is 3.92. The van der Waals surface area contributed by atoms with E-state index in [0.717, 1.165) is 29.7 Å². The average Bonchev–Trinajstić information content (AvgIpc) is 2.89. The maximum atomic E-state index is 13.6. The topological polar surface area (TPSA) is 72.0 Å². The molecular formula is C25H33N3O4. The van der Waals surface area contributed by atoms with Crippen molar-refractivity contribution in [3.63, 3.8) is 0 Å². The van der Waals surface area contributed by atoms with Crippen LogP contribution in [-0.4, -0.2) is 60.5 Å². The fourth-order valence-corrected chi connectivity index (χ4v) is 3.87. The van der Waals surface area contributed by atoms with Gasteiger partial charge in [0.25, 0.3) is 11.8 Å². The Labute approximate surface area is 190 Å². The van der Waals surface area contributed by atoms with E-state index in [1.54, 1.807) is 38.1 Å². The van der Waals surface area contributed by atoms with Crippen LogP contribution in [0.25, 0.3) is 0 Å². The van der Waals surface area contributed by atoms with Gasteiger partial charge >= 0.3 is 0 Å². The van der Waals surface area contributed by atoms with Gasteiger partial charge in [-0.15, -0.1) is 0 Å². The number of benzene rings is 1. The number of fused-ring (bicyclic) bond motifs is 1. The Hall–Kier alpha value is -3.09. The fraction of sp³-hybridized carbons (Fsp3) is 0.480. The fourth-order valence-electron chi connectivity index (χ4n) is 3.87. The summed E-state index contributed by atoms with van der Waals surface area (Å²) in [5.74, 6) is 0.813. The molecule has 2 amide bonds. The number of pyridine rings is 1. The van der Waals surface area contributed by atoms with Crippen molar-refractivity contribution in [2.75, 3.05) is 33.9 Å². The highest BCUT2D eigenvalue weighted by atomic mass is 16.5. The van der Waals surface area contributed by atoms with Gasteiger partial charge in [-0.1, -0.05) is 13.3 Å². The van der Waals surface area contributed by atoms with Crippen molar-refractivity contribution in [2.45, 2.75) is 47.1 Å². The summed E-state index contributed by atoms with van der Waals surface area (Å²) in [6.07, 6.45) is 1.98. The number of hydrogen-bond acceptors (Lipinski definition) is 5. The number of aromatic nitrogens is 1. The molecule has 7 heteroatoms. The van der Waals surface area contributed by atoms with Crippen LogP contribution in [0.15, 0.2) is 18.2 Å². The molecular weight excluding hydrogens is 406 g/mol. The first-order chi connectivity index (χ1) is 15.2. The average molecular weight is 440 g/mol. The smallest absolute Gasteiger partial charge is 0.258 e. The summed E-state index contributed by atoms with van der Waals surface area (Å²) in [6, 6.07) is 5.46. The Kier molecular flexibility index (Phi) is 7.38. The quantitative estimate of drug-likeness (QED) is 0.612.